The molecule has 1 rings (SSSR count). The molecule has 0 aromatic heterocycles. The van der Waals surface area contributed by atoms with Crippen molar-refractivity contribution in [1.82, 2.24) is 0 Å². The molecule has 0 radical (unpaired) electrons. The Hall–Kier alpha value is -0.200. The summed E-state index contributed by atoms with van der Waals surface area (Å²) in [7, 11) is 0. The maximum absolute atomic E-state index is 5.90. The average molecular weight is 189 g/mol. The molecule has 0 saturated heterocycles. The van der Waals surface area contributed by atoms with Crippen molar-refractivity contribution < 1.29 is 0 Å². The highest BCUT2D eigenvalue weighted by atomic mass is 35.5. The smallest absolute Gasteiger partial charge is 0.0966 e. The zero-order chi connectivity index (χ0) is 8.48. The van der Waals surface area contributed by atoms with Crippen molar-refractivity contribution in [3.63, 3.8) is 0 Å². The van der Waals surface area contributed by atoms with Crippen LogP contribution in [0.5, 0.6) is 0 Å². The van der Waals surface area contributed by atoms with E-state index in [9.17, 15) is 0 Å². The minimum atomic E-state index is -0.772. The van der Waals surface area contributed by atoms with Gasteiger partial charge in [0.05, 0.1) is 0 Å². The summed E-state index contributed by atoms with van der Waals surface area (Å²) in [5.74, 6) is 0. The van der Waals surface area contributed by atoms with Crippen molar-refractivity contribution in [2.45, 2.75) is 18.2 Å². The van der Waals surface area contributed by atoms with Gasteiger partial charge < -0.3 is 0 Å². The van der Waals surface area contributed by atoms with Crippen molar-refractivity contribution >= 4 is 23.2 Å². The molecule has 0 heterocycles. The molecule has 0 aliphatic carbocycles. The highest BCUT2D eigenvalue weighted by Gasteiger charge is 2.18. The van der Waals surface area contributed by atoms with E-state index in [0.717, 1.165) is 5.56 Å². The summed E-state index contributed by atoms with van der Waals surface area (Å²) in [4.78, 5) is 0. The molecule has 0 unspecified atom stereocenters. The number of hydrogen-bond acceptors (Lipinski definition) is 0. The first-order valence-corrected chi connectivity index (χ1v) is 4.21. The molecule has 1 aromatic carbocycles. The second-order valence-corrected chi connectivity index (χ2v) is 4.46. The number of alkyl halides is 2. The average Bonchev–Trinajstić information content (AvgIpc) is 1.86. The number of halogens is 2. The minimum Gasteiger partial charge on any atom is -0.0966 e. The Morgan fingerprint density at radius 1 is 1.27 bits per heavy atom. The second kappa shape index (κ2) is 3.04. The molecule has 0 atom stereocenters. The first-order valence-electron chi connectivity index (χ1n) is 3.45. The van der Waals surface area contributed by atoms with Crippen molar-refractivity contribution in [3.05, 3.63) is 35.4 Å². The zero-order valence-corrected chi connectivity index (χ0v) is 8.08. The lowest BCUT2D eigenvalue weighted by atomic mass is 10.1. The lowest BCUT2D eigenvalue weighted by molar-refractivity contribution is 0.973. The third-order valence-electron chi connectivity index (χ3n) is 1.52. The van der Waals surface area contributed by atoms with Crippen LogP contribution in [0, 0.1) is 6.92 Å². The highest BCUT2D eigenvalue weighted by molar-refractivity contribution is 6.47. The maximum Gasteiger partial charge on any atom is 0.140 e. The van der Waals surface area contributed by atoms with Crippen LogP contribution in [0.1, 0.15) is 18.1 Å². The molecule has 2 heteroatoms. The SMILES string of the molecule is Cc1cccc(C(C)(Cl)Cl)c1. The topological polar surface area (TPSA) is 0 Å². The normalized spacial score (nSPS) is 11.6. The van der Waals surface area contributed by atoms with E-state index < -0.39 is 4.33 Å². The third kappa shape index (κ3) is 2.39. The molecule has 11 heavy (non-hydrogen) atoms. The van der Waals surface area contributed by atoms with Crippen LogP contribution in [0.4, 0.5) is 0 Å². The Morgan fingerprint density at radius 3 is 2.27 bits per heavy atom. The molecule has 0 amide bonds. The van der Waals surface area contributed by atoms with E-state index in [1.165, 1.54) is 5.56 Å². The molecule has 0 aliphatic rings. The van der Waals surface area contributed by atoms with Crippen molar-refractivity contribution in [2.24, 2.45) is 0 Å². The van der Waals surface area contributed by atoms with Crippen LogP contribution in [0.25, 0.3) is 0 Å². The fourth-order valence-corrected chi connectivity index (χ4v) is 1.15. The molecular weight excluding hydrogens is 179 g/mol. The highest BCUT2D eigenvalue weighted by Crippen LogP contribution is 2.32. The summed E-state index contributed by atoms with van der Waals surface area (Å²) >= 11 is 11.8. The van der Waals surface area contributed by atoms with E-state index in [4.69, 9.17) is 23.2 Å². The molecule has 0 spiro atoms. The predicted molar refractivity (Wildman–Crippen MR) is 50.2 cm³/mol. The van der Waals surface area contributed by atoms with E-state index in [2.05, 4.69) is 0 Å². The van der Waals surface area contributed by atoms with Crippen LogP contribution in [-0.2, 0) is 4.33 Å². The van der Waals surface area contributed by atoms with Gasteiger partial charge in [-0.2, -0.15) is 0 Å². The van der Waals surface area contributed by atoms with Gasteiger partial charge in [0.2, 0.25) is 0 Å². The van der Waals surface area contributed by atoms with Gasteiger partial charge >= 0.3 is 0 Å². The van der Waals surface area contributed by atoms with Gasteiger partial charge in [-0.25, -0.2) is 0 Å². The summed E-state index contributed by atoms with van der Waals surface area (Å²) in [6, 6.07) is 7.88. The largest absolute Gasteiger partial charge is 0.140 e. The number of benzene rings is 1. The van der Waals surface area contributed by atoms with Gasteiger partial charge in [0.15, 0.2) is 0 Å². The van der Waals surface area contributed by atoms with E-state index in [0.29, 0.717) is 0 Å². The third-order valence-corrected chi connectivity index (χ3v) is 1.96. The Kier molecular flexibility index (Phi) is 2.46. The molecule has 0 nitrogen and oxygen atoms in total. The Balaban J connectivity index is 3.06. The molecule has 0 bridgehead atoms. The Labute approximate surface area is 77.1 Å². The summed E-state index contributed by atoms with van der Waals surface area (Å²) in [5.41, 5.74) is 2.12. The zero-order valence-electron chi connectivity index (χ0n) is 6.57. The molecule has 0 fully saturated rings. The molecule has 1 aromatic rings. The summed E-state index contributed by atoms with van der Waals surface area (Å²) in [5, 5.41) is 0. The minimum absolute atomic E-state index is 0.772. The van der Waals surface area contributed by atoms with Crippen LogP contribution in [0.3, 0.4) is 0 Å². The molecule has 60 valence electrons. The van der Waals surface area contributed by atoms with Crippen molar-refractivity contribution in [1.29, 1.82) is 0 Å². The van der Waals surface area contributed by atoms with Gasteiger partial charge in [0.25, 0.3) is 0 Å². The lowest BCUT2D eigenvalue weighted by Crippen LogP contribution is -2.03. The summed E-state index contributed by atoms with van der Waals surface area (Å²) in [6.07, 6.45) is 0. The summed E-state index contributed by atoms with van der Waals surface area (Å²) < 4.78 is -0.772. The van der Waals surface area contributed by atoms with Crippen LogP contribution in [-0.4, -0.2) is 0 Å². The first-order chi connectivity index (χ1) is 5.00. The van der Waals surface area contributed by atoms with Gasteiger partial charge in [-0.15, -0.1) is 0 Å². The van der Waals surface area contributed by atoms with Crippen LogP contribution >= 0.6 is 23.2 Å². The van der Waals surface area contributed by atoms with Gasteiger partial charge in [-0.3, -0.25) is 0 Å². The number of hydrogen-bond donors (Lipinski definition) is 0. The quantitative estimate of drug-likeness (QED) is 0.591. The van der Waals surface area contributed by atoms with Gasteiger partial charge in [0.1, 0.15) is 4.33 Å². The molecule has 0 saturated carbocycles. The predicted octanol–water partition coefficient (Wildman–Crippen LogP) is 3.65. The number of rotatable bonds is 1. The summed E-state index contributed by atoms with van der Waals surface area (Å²) in [6.45, 7) is 3.79. The molecule has 0 N–H and O–H groups in total. The van der Waals surface area contributed by atoms with E-state index in [1.807, 2.05) is 31.2 Å². The first kappa shape index (κ1) is 8.89. The molecule has 0 aliphatic heterocycles. The fraction of sp³-hybridized carbons (Fsp3) is 0.333. The maximum atomic E-state index is 5.90. The van der Waals surface area contributed by atoms with Crippen molar-refractivity contribution in [2.75, 3.05) is 0 Å². The van der Waals surface area contributed by atoms with Crippen LogP contribution in [0.2, 0.25) is 0 Å². The Morgan fingerprint density at radius 2 is 1.91 bits per heavy atom. The fourth-order valence-electron chi connectivity index (χ4n) is 0.918. The van der Waals surface area contributed by atoms with Gasteiger partial charge in [-0.05, 0) is 19.4 Å². The number of aryl methyl sites for hydroxylation is 1. The van der Waals surface area contributed by atoms with E-state index in [1.54, 1.807) is 6.92 Å². The monoisotopic (exact) mass is 188 g/mol. The van der Waals surface area contributed by atoms with E-state index in [-0.39, 0.29) is 0 Å². The lowest BCUT2D eigenvalue weighted by Gasteiger charge is -2.13. The van der Waals surface area contributed by atoms with E-state index >= 15 is 0 Å². The van der Waals surface area contributed by atoms with Gasteiger partial charge in [0, 0.05) is 0 Å². The molecular formula is C9H10Cl2. The van der Waals surface area contributed by atoms with Gasteiger partial charge in [-0.1, -0.05) is 53.0 Å². The second-order valence-electron chi connectivity index (χ2n) is 2.76. The van der Waals surface area contributed by atoms with Crippen LogP contribution < -0.4 is 0 Å². The Bertz CT molecular complexity index is 248. The standard InChI is InChI=1S/C9H10Cl2/c1-7-4-3-5-8(6-7)9(2,10)11/h3-6H,1-2H3. The van der Waals surface area contributed by atoms with Crippen LogP contribution in [0.15, 0.2) is 24.3 Å². The van der Waals surface area contributed by atoms with Crippen molar-refractivity contribution in [3.8, 4) is 0 Å².